The number of rotatable bonds is 5. The van der Waals surface area contributed by atoms with E-state index in [2.05, 4.69) is 24.3 Å². The Bertz CT molecular complexity index is 2040. The highest BCUT2D eigenvalue weighted by Crippen LogP contribution is 2.41. The summed E-state index contributed by atoms with van der Waals surface area (Å²) in [5.41, 5.74) is 7.38. The van der Waals surface area contributed by atoms with Crippen molar-refractivity contribution in [2.75, 3.05) is 0 Å². The fraction of sp³-hybridized carbons (Fsp3) is 0.118. The van der Waals surface area contributed by atoms with E-state index < -0.39 is 0 Å². The summed E-state index contributed by atoms with van der Waals surface area (Å²) in [5, 5.41) is 1.68. The lowest BCUT2D eigenvalue weighted by Crippen LogP contribution is -2.38. The number of thiazole rings is 1. The van der Waals surface area contributed by atoms with Gasteiger partial charge in [-0.3, -0.25) is 9.36 Å². The highest BCUT2D eigenvalue weighted by atomic mass is 35.5. The number of benzene rings is 4. The molecule has 0 radical (unpaired) electrons. The molecule has 1 aliphatic heterocycles. The number of allylic oxidation sites excluding steroid dienone is 1. The van der Waals surface area contributed by atoms with Gasteiger partial charge in [-0.15, -0.1) is 0 Å². The van der Waals surface area contributed by atoms with Crippen molar-refractivity contribution in [3.8, 4) is 5.75 Å². The first-order valence-corrected chi connectivity index (χ1v) is 15.4. The Balaban J connectivity index is 1.25. The first-order chi connectivity index (χ1) is 20.4. The van der Waals surface area contributed by atoms with E-state index in [4.69, 9.17) is 44.5 Å². The van der Waals surface area contributed by atoms with E-state index in [1.165, 1.54) is 22.5 Å². The second-order valence-corrected chi connectivity index (χ2v) is 12.5. The Morgan fingerprint density at radius 3 is 2.48 bits per heavy atom. The molecule has 5 aromatic rings. The van der Waals surface area contributed by atoms with E-state index in [1.807, 2.05) is 65.2 Å². The van der Waals surface area contributed by atoms with Gasteiger partial charge in [-0.25, -0.2) is 4.99 Å². The molecule has 4 nitrogen and oxygen atoms in total. The van der Waals surface area contributed by atoms with Gasteiger partial charge in [0.2, 0.25) is 0 Å². The van der Waals surface area contributed by atoms with Crippen LogP contribution in [0.3, 0.4) is 0 Å². The minimum Gasteiger partial charge on any atom is -0.489 e. The Kier molecular flexibility index (Phi) is 7.28. The van der Waals surface area contributed by atoms with E-state index in [0.717, 1.165) is 40.8 Å². The molecule has 7 rings (SSSR count). The number of aromatic nitrogens is 1. The third-order valence-electron chi connectivity index (χ3n) is 7.63. The molecular formula is C34H23Cl3N2O2S. The van der Waals surface area contributed by atoms with Crippen molar-refractivity contribution in [3.63, 3.8) is 0 Å². The maximum absolute atomic E-state index is 14.0. The van der Waals surface area contributed by atoms with E-state index in [1.54, 1.807) is 12.1 Å². The smallest absolute Gasteiger partial charge is 0.271 e. The third-order valence-corrected chi connectivity index (χ3v) is 9.60. The average Bonchev–Trinajstić information content (AvgIpc) is 3.32. The number of hydrogen-bond acceptors (Lipinski definition) is 4. The minimum atomic E-state index is -0.235. The monoisotopic (exact) mass is 628 g/mol. The lowest BCUT2D eigenvalue weighted by Gasteiger charge is -2.30. The van der Waals surface area contributed by atoms with Crippen molar-refractivity contribution in [2.45, 2.75) is 25.5 Å². The van der Waals surface area contributed by atoms with Crippen molar-refractivity contribution >= 4 is 57.9 Å². The summed E-state index contributed by atoms with van der Waals surface area (Å²) < 4.78 is 8.41. The van der Waals surface area contributed by atoms with Crippen molar-refractivity contribution in [2.24, 2.45) is 4.99 Å². The normalized spacial score (nSPS) is 16.0. The third kappa shape index (κ3) is 5.12. The zero-order valence-corrected chi connectivity index (χ0v) is 25.3. The SMILES string of the molecule is O=c1/c(=C/c2ccc(OCc3ccc(Cl)c(Cl)c3)cc2)sc2n1[C@@H](c1ccc(Cl)cc1)C1=C(N=2)c2ccccc2CC1. The second kappa shape index (κ2) is 11.2. The summed E-state index contributed by atoms with van der Waals surface area (Å²) in [5.74, 6) is 0.716. The molecule has 0 saturated heterocycles. The topological polar surface area (TPSA) is 43.6 Å². The van der Waals surface area contributed by atoms with Crippen LogP contribution in [0.15, 0.2) is 106 Å². The molecule has 2 heterocycles. The Morgan fingerprint density at radius 2 is 1.69 bits per heavy atom. The molecule has 8 heteroatoms. The van der Waals surface area contributed by atoms with Crippen LogP contribution in [0.5, 0.6) is 5.75 Å². The molecule has 0 unspecified atom stereocenters. The van der Waals surface area contributed by atoms with Crippen LogP contribution in [-0.4, -0.2) is 4.57 Å². The molecule has 0 N–H and O–H groups in total. The number of nitrogens with zero attached hydrogens (tertiary/aromatic N) is 2. The molecule has 1 atom stereocenters. The summed E-state index contributed by atoms with van der Waals surface area (Å²) in [6, 6.07) is 29.1. The molecule has 0 spiro atoms. The van der Waals surface area contributed by atoms with Crippen LogP contribution in [0.2, 0.25) is 15.1 Å². The highest BCUT2D eigenvalue weighted by Gasteiger charge is 2.32. The predicted octanol–water partition coefficient (Wildman–Crippen LogP) is 7.86. The van der Waals surface area contributed by atoms with Crippen LogP contribution in [0, 0.1) is 0 Å². The fourth-order valence-corrected chi connectivity index (χ4v) is 7.02. The fourth-order valence-electron chi connectivity index (χ4n) is 5.58. The summed E-state index contributed by atoms with van der Waals surface area (Å²) >= 11 is 19.8. The maximum atomic E-state index is 14.0. The van der Waals surface area contributed by atoms with Crippen molar-refractivity contribution in [1.82, 2.24) is 4.57 Å². The average molecular weight is 630 g/mol. The van der Waals surface area contributed by atoms with Gasteiger partial charge >= 0.3 is 0 Å². The van der Waals surface area contributed by atoms with Crippen LogP contribution in [-0.2, 0) is 13.0 Å². The van der Waals surface area contributed by atoms with E-state index in [-0.39, 0.29) is 11.6 Å². The summed E-state index contributed by atoms with van der Waals surface area (Å²) in [4.78, 5) is 19.7. The van der Waals surface area contributed by atoms with Crippen LogP contribution in [0.4, 0.5) is 0 Å². The van der Waals surface area contributed by atoms with Gasteiger partial charge in [-0.2, -0.15) is 0 Å². The highest BCUT2D eigenvalue weighted by molar-refractivity contribution is 7.07. The van der Waals surface area contributed by atoms with Gasteiger partial charge in [0.15, 0.2) is 4.80 Å². The molecule has 0 bridgehead atoms. The first-order valence-electron chi connectivity index (χ1n) is 13.5. The Hall–Kier alpha value is -3.61. The van der Waals surface area contributed by atoms with Crippen molar-refractivity contribution in [3.05, 3.63) is 159 Å². The van der Waals surface area contributed by atoms with Gasteiger partial charge in [-0.1, -0.05) is 101 Å². The molecule has 1 aliphatic carbocycles. The minimum absolute atomic E-state index is 0.0518. The molecule has 208 valence electrons. The standard InChI is InChI=1S/C34H23Cl3N2O2S/c35-24-11-8-23(9-12-24)32-27-15-10-22-3-1-2-4-26(22)31(27)38-34-39(32)33(40)30(42-34)18-20-5-13-25(14-6-20)41-19-21-7-16-28(36)29(37)17-21/h1-9,11-14,16-18,32H,10,15,19H2/b30-18-/t32-/m0/s1. The number of fused-ring (bicyclic) bond motifs is 3. The molecule has 42 heavy (non-hydrogen) atoms. The molecule has 0 fully saturated rings. The number of aryl methyl sites for hydroxylation is 1. The number of hydrogen-bond donors (Lipinski definition) is 0. The molecule has 1 aromatic heterocycles. The Morgan fingerprint density at radius 1 is 0.905 bits per heavy atom. The first kappa shape index (κ1) is 27.2. The quantitative estimate of drug-likeness (QED) is 0.199. The van der Waals surface area contributed by atoms with Crippen LogP contribution < -0.4 is 19.6 Å². The van der Waals surface area contributed by atoms with Gasteiger partial charge in [0, 0.05) is 10.6 Å². The van der Waals surface area contributed by atoms with Crippen LogP contribution in [0.25, 0.3) is 11.8 Å². The van der Waals surface area contributed by atoms with Crippen LogP contribution in [0.1, 0.15) is 40.3 Å². The van der Waals surface area contributed by atoms with Gasteiger partial charge in [-0.05, 0) is 83.1 Å². The zero-order valence-electron chi connectivity index (χ0n) is 22.2. The number of halogens is 3. The van der Waals surface area contributed by atoms with Gasteiger partial charge in [0.1, 0.15) is 12.4 Å². The van der Waals surface area contributed by atoms with Crippen molar-refractivity contribution in [1.29, 1.82) is 0 Å². The van der Waals surface area contributed by atoms with Crippen LogP contribution >= 0.6 is 46.1 Å². The van der Waals surface area contributed by atoms with Gasteiger partial charge < -0.3 is 4.74 Å². The number of ether oxygens (including phenoxy) is 1. The summed E-state index contributed by atoms with van der Waals surface area (Å²) in [7, 11) is 0. The summed E-state index contributed by atoms with van der Waals surface area (Å²) in [6.45, 7) is 0.368. The Labute approximate surface area is 261 Å². The lowest BCUT2D eigenvalue weighted by atomic mass is 9.83. The maximum Gasteiger partial charge on any atom is 0.271 e. The van der Waals surface area contributed by atoms with E-state index in [9.17, 15) is 4.79 Å². The van der Waals surface area contributed by atoms with Gasteiger partial charge in [0.25, 0.3) is 5.56 Å². The van der Waals surface area contributed by atoms with Gasteiger partial charge in [0.05, 0.1) is 26.3 Å². The van der Waals surface area contributed by atoms with E-state index >= 15 is 0 Å². The molecular weight excluding hydrogens is 607 g/mol. The zero-order chi connectivity index (χ0) is 28.8. The van der Waals surface area contributed by atoms with E-state index in [0.29, 0.717) is 36.8 Å². The summed E-state index contributed by atoms with van der Waals surface area (Å²) in [6.07, 6.45) is 3.68. The molecule has 2 aliphatic rings. The molecule has 0 saturated carbocycles. The largest absolute Gasteiger partial charge is 0.489 e. The molecule has 4 aromatic carbocycles. The predicted molar refractivity (Wildman–Crippen MR) is 171 cm³/mol. The van der Waals surface area contributed by atoms with Crippen molar-refractivity contribution < 1.29 is 4.74 Å². The molecule has 0 amide bonds. The second-order valence-electron chi connectivity index (χ2n) is 10.3. The lowest BCUT2D eigenvalue weighted by molar-refractivity contribution is 0.306.